The van der Waals surface area contributed by atoms with Crippen LogP contribution in [0, 0.1) is 0 Å². The van der Waals surface area contributed by atoms with Crippen LogP contribution in [0.25, 0.3) is 99.9 Å². The van der Waals surface area contributed by atoms with Gasteiger partial charge in [-0.1, -0.05) is 133 Å². The zero-order chi connectivity index (χ0) is 37.0. The second-order valence-corrected chi connectivity index (χ2v) is 14.2. The monoisotopic (exact) mass is 714 g/mol. The van der Waals surface area contributed by atoms with Gasteiger partial charge in [-0.05, 0) is 89.0 Å². The summed E-state index contributed by atoms with van der Waals surface area (Å²) in [7, 11) is 0. The van der Waals surface area contributed by atoms with Crippen molar-refractivity contribution in [2.24, 2.45) is 0 Å². The van der Waals surface area contributed by atoms with Crippen LogP contribution in [-0.2, 0) is 0 Å². The van der Waals surface area contributed by atoms with E-state index in [1.54, 1.807) is 0 Å². The maximum absolute atomic E-state index is 5.25. The highest BCUT2D eigenvalue weighted by Crippen LogP contribution is 2.41. The van der Waals surface area contributed by atoms with E-state index >= 15 is 0 Å². The van der Waals surface area contributed by atoms with Gasteiger partial charge >= 0.3 is 0 Å². The quantitative estimate of drug-likeness (QED) is 0.172. The van der Waals surface area contributed by atoms with Gasteiger partial charge in [0.2, 0.25) is 0 Å². The van der Waals surface area contributed by atoms with Crippen molar-refractivity contribution in [3.8, 4) is 56.1 Å². The first-order chi connectivity index (χ1) is 27.8. The molecule has 0 saturated carbocycles. The van der Waals surface area contributed by atoms with E-state index in [9.17, 15) is 0 Å². The second kappa shape index (κ2) is 13.1. The largest absolute Gasteiger partial charge is 0.309 e. The van der Waals surface area contributed by atoms with Gasteiger partial charge < -0.3 is 4.57 Å². The Morgan fingerprint density at radius 1 is 0.339 bits per heavy atom. The number of pyridine rings is 2. The summed E-state index contributed by atoms with van der Waals surface area (Å²) in [6, 6.07) is 71.2. The minimum atomic E-state index is 0.919. The molecule has 0 spiro atoms. The second-order valence-electron chi connectivity index (χ2n) is 14.2. The summed E-state index contributed by atoms with van der Waals surface area (Å²) in [5, 5.41) is 4.76. The van der Waals surface area contributed by atoms with Gasteiger partial charge in [0, 0.05) is 50.2 Å². The molecule has 11 aromatic rings. The number of hydrogen-bond donors (Lipinski definition) is 0. The Bertz CT molecular complexity index is 3170. The fourth-order valence-electron chi connectivity index (χ4n) is 8.42. The minimum Gasteiger partial charge on any atom is -0.309 e. The van der Waals surface area contributed by atoms with Crippen molar-refractivity contribution in [1.29, 1.82) is 0 Å². The van der Waals surface area contributed by atoms with E-state index in [4.69, 9.17) is 9.97 Å². The first kappa shape index (κ1) is 31.9. The average molecular weight is 715 g/mol. The van der Waals surface area contributed by atoms with Gasteiger partial charge in [0.25, 0.3) is 0 Å². The van der Waals surface area contributed by atoms with Crippen molar-refractivity contribution in [3.05, 3.63) is 206 Å². The smallest absolute Gasteiger partial charge is 0.145 e. The Hall–Kier alpha value is -7.56. The first-order valence-electron chi connectivity index (χ1n) is 19.0. The van der Waals surface area contributed by atoms with Crippen LogP contribution in [0.3, 0.4) is 0 Å². The molecule has 11 rings (SSSR count). The summed E-state index contributed by atoms with van der Waals surface area (Å²) in [4.78, 5) is 10.2. The van der Waals surface area contributed by atoms with Gasteiger partial charge in [-0.2, -0.15) is 0 Å². The van der Waals surface area contributed by atoms with Gasteiger partial charge in [0.15, 0.2) is 0 Å². The van der Waals surface area contributed by atoms with E-state index in [1.165, 1.54) is 27.4 Å². The number of hydrogen-bond acceptors (Lipinski definition) is 2. The lowest BCUT2D eigenvalue weighted by Crippen LogP contribution is -1.97. The summed E-state index contributed by atoms with van der Waals surface area (Å²) in [6.07, 6.45) is 1.89. The van der Waals surface area contributed by atoms with Crippen LogP contribution < -0.4 is 0 Å². The molecule has 56 heavy (non-hydrogen) atoms. The maximum Gasteiger partial charge on any atom is 0.145 e. The topological polar surface area (TPSA) is 35.6 Å². The Morgan fingerprint density at radius 3 is 1.80 bits per heavy atom. The molecular formula is C52H34N4. The van der Waals surface area contributed by atoms with Crippen LogP contribution in [0.2, 0.25) is 0 Å². The molecule has 0 fully saturated rings. The third-order valence-corrected chi connectivity index (χ3v) is 11.0. The maximum atomic E-state index is 5.25. The van der Waals surface area contributed by atoms with E-state index in [1.807, 2.05) is 18.3 Å². The molecule has 0 unspecified atom stereocenters. The molecule has 0 aliphatic rings. The van der Waals surface area contributed by atoms with Gasteiger partial charge in [-0.3, -0.25) is 4.57 Å². The predicted octanol–water partition coefficient (Wildman–Crippen LogP) is 13.3. The standard InChI is InChI=1S/C52H34N4/c1-4-15-35(16-5-1)39-32-46(36-17-6-2-7-18-36)54-47(33-39)38-19-12-22-41(31-38)56-50-34-37(28-29-43(50)44-25-14-30-53-52(44)56)42-24-13-27-49-51(42)45-23-10-11-26-48(45)55(49)40-20-8-3-9-21-40/h1-34H. The Morgan fingerprint density at radius 2 is 0.982 bits per heavy atom. The Labute approximate surface area is 324 Å². The lowest BCUT2D eigenvalue weighted by Gasteiger charge is -2.13. The number of aromatic nitrogens is 4. The van der Waals surface area contributed by atoms with Gasteiger partial charge in [0.05, 0.1) is 27.9 Å². The third-order valence-electron chi connectivity index (χ3n) is 11.0. The number of fused-ring (bicyclic) bond motifs is 6. The van der Waals surface area contributed by atoms with Crippen LogP contribution in [-0.4, -0.2) is 19.1 Å². The van der Waals surface area contributed by atoms with Gasteiger partial charge in [-0.25, -0.2) is 9.97 Å². The Kier molecular flexibility index (Phi) is 7.46. The zero-order valence-electron chi connectivity index (χ0n) is 30.4. The van der Waals surface area contributed by atoms with Crippen molar-refractivity contribution >= 4 is 43.7 Å². The fourth-order valence-corrected chi connectivity index (χ4v) is 8.42. The average Bonchev–Trinajstić information content (AvgIpc) is 3.80. The molecule has 0 saturated heterocycles. The van der Waals surface area contributed by atoms with Crippen LogP contribution in [0.1, 0.15) is 0 Å². The van der Waals surface area contributed by atoms with E-state index < -0.39 is 0 Å². The SMILES string of the molecule is c1ccc(-c2cc(-c3ccccc3)nc(-c3cccc(-n4c5cc(-c6cccc7c6c6ccccc6n7-c6ccccc6)ccc5c5cccnc54)c3)c2)cc1. The Balaban J connectivity index is 1.11. The van der Waals surface area contributed by atoms with Gasteiger partial charge in [-0.15, -0.1) is 0 Å². The number of para-hydroxylation sites is 2. The van der Waals surface area contributed by atoms with Crippen molar-refractivity contribution in [1.82, 2.24) is 19.1 Å². The molecule has 0 radical (unpaired) electrons. The van der Waals surface area contributed by atoms with Crippen LogP contribution in [0.5, 0.6) is 0 Å². The summed E-state index contributed by atoms with van der Waals surface area (Å²) in [5.74, 6) is 0. The molecule has 0 aliphatic heterocycles. The van der Waals surface area contributed by atoms with Gasteiger partial charge in [0.1, 0.15) is 5.65 Å². The van der Waals surface area contributed by atoms with E-state index in [0.717, 1.165) is 72.5 Å². The molecule has 0 amide bonds. The molecule has 4 nitrogen and oxygen atoms in total. The predicted molar refractivity (Wildman–Crippen MR) is 232 cm³/mol. The summed E-state index contributed by atoms with van der Waals surface area (Å²) in [5.41, 5.74) is 15.2. The molecule has 0 bridgehead atoms. The molecule has 4 heteroatoms. The third kappa shape index (κ3) is 5.23. The number of nitrogens with zero attached hydrogens (tertiary/aromatic N) is 4. The summed E-state index contributed by atoms with van der Waals surface area (Å²) < 4.78 is 4.69. The highest BCUT2D eigenvalue weighted by molar-refractivity contribution is 6.17. The zero-order valence-corrected chi connectivity index (χ0v) is 30.4. The lowest BCUT2D eigenvalue weighted by molar-refractivity contribution is 1.13. The highest BCUT2D eigenvalue weighted by Gasteiger charge is 2.19. The van der Waals surface area contributed by atoms with E-state index in [-0.39, 0.29) is 0 Å². The normalized spacial score (nSPS) is 11.6. The molecule has 4 heterocycles. The molecule has 0 N–H and O–H groups in total. The summed E-state index contributed by atoms with van der Waals surface area (Å²) >= 11 is 0. The number of benzene rings is 7. The summed E-state index contributed by atoms with van der Waals surface area (Å²) in [6.45, 7) is 0. The molecular weight excluding hydrogens is 681 g/mol. The molecule has 0 atom stereocenters. The minimum absolute atomic E-state index is 0.919. The first-order valence-corrected chi connectivity index (χ1v) is 19.0. The van der Waals surface area contributed by atoms with E-state index in [0.29, 0.717) is 0 Å². The molecule has 4 aromatic heterocycles. The van der Waals surface area contributed by atoms with Crippen LogP contribution in [0.4, 0.5) is 0 Å². The van der Waals surface area contributed by atoms with Crippen LogP contribution in [0.15, 0.2) is 206 Å². The number of rotatable bonds is 6. The fraction of sp³-hybridized carbons (Fsp3) is 0. The van der Waals surface area contributed by atoms with E-state index in [2.05, 4.69) is 197 Å². The molecule has 0 aliphatic carbocycles. The molecule has 7 aromatic carbocycles. The van der Waals surface area contributed by atoms with Crippen molar-refractivity contribution in [2.75, 3.05) is 0 Å². The van der Waals surface area contributed by atoms with Crippen molar-refractivity contribution < 1.29 is 0 Å². The van der Waals surface area contributed by atoms with Crippen molar-refractivity contribution in [2.45, 2.75) is 0 Å². The lowest BCUT2D eigenvalue weighted by atomic mass is 9.98. The highest BCUT2D eigenvalue weighted by atomic mass is 15.0. The van der Waals surface area contributed by atoms with Crippen molar-refractivity contribution in [3.63, 3.8) is 0 Å². The van der Waals surface area contributed by atoms with Crippen LogP contribution >= 0.6 is 0 Å². The molecule has 262 valence electrons.